The van der Waals surface area contributed by atoms with Crippen molar-refractivity contribution >= 4 is 50.6 Å². The van der Waals surface area contributed by atoms with E-state index in [1.165, 1.54) is 55.9 Å². The number of carbonyl (C=O) groups is 1. The Labute approximate surface area is 179 Å². The highest BCUT2D eigenvalue weighted by Crippen LogP contribution is 2.29. The highest BCUT2D eigenvalue weighted by atomic mass is 35.5. The van der Waals surface area contributed by atoms with E-state index in [0.717, 1.165) is 0 Å². The number of carbonyl (C=O) groups excluding carboxylic acids is 1. The summed E-state index contributed by atoms with van der Waals surface area (Å²) in [6.45, 7) is 2.84. The molecule has 0 bridgehead atoms. The molecule has 2 rings (SSSR count). The van der Waals surface area contributed by atoms with Crippen molar-refractivity contribution in [2.24, 2.45) is 0 Å². The summed E-state index contributed by atoms with van der Waals surface area (Å²) in [6.07, 6.45) is 0.618. The highest BCUT2D eigenvalue weighted by Gasteiger charge is 2.41. The molecule has 2 aromatic rings. The standard InChI is InChI=1S/C20H21Cl2FO3S2/c1-20(2,28(25,26)15-10-8-14(21)9-11-15)19(24)7-4-12-27-13-16-17(22)5-3-6-18(16)23/h3,5-6,8-11H,4,7,12-13H2,1-2H3. The van der Waals surface area contributed by atoms with E-state index in [1.54, 1.807) is 12.1 Å². The van der Waals surface area contributed by atoms with E-state index in [4.69, 9.17) is 23.2 Å². The Morgan fingerprint density at radius 3 is 2.36 bits per heavy atom. The van der Waals surface area contributed by atoms with Gasteiger partial charge in [-0.3, -0.25) is 4.79 Å². The predicted octanol–water partition coefficient (Wildman–Crippen LogP) is 5.97. The van der Waals surface area contributed by atoms with Crippen molar-refractivity contribution in [3.63, 3.8) is 0 Å². The molecule has 0 aliphatic heterocycles. The Bertz CT molecular complexity index is 922. The van der Waals surface area contributed by atoms with Crippen LogP contribution in [-0.4, -0.2) is 24.7 Å². The molecule has 0 aliphatic rings. The first-order valence-corrected chi connectivity index (χ1v) is 12.0. The van der Waals surface area contributed by atoms with Gasteiger partial charge < -0.3 is 0 Å². The smallest absolute Gasteiger partial charge is 0.190 e. The van der Waals surface area contributed by atoms with Gasteiger partial charge >= 0.3 is 0 Å². The van der Waals surface area contributed by atoms with E-state index in [0.29, 0.717) is 33.5 Å². The van der Waals surface area contributed by atoms with Gasteiger partial charge in [0.1, 0.15) is 10.6 Å². The summed E-state index contributed by atoms with van der Waals surface area (Å²) in [5.74, 6) is 0.276. The largest absolute Gasteiger partial charge is 0.298 e. The lowest BCUT2D eigenvalue weighted by Crippen LogP contribution is -2.40. The van der Waals surface area contributed by atoms with Crippen molar-refractivity contribution in [3.05, 3.63) is 63.9 Å². The van der Waals surface area contributed by atoms with Crippen LogP contribution in [0.25, 0.3) is 0 Å². The molecular formula is C20H21Cl2FO3S2. The fourth-order valence-corrected chi connectivity index (χ4v) is 5.45. The Kier molecular flexibility index (Phi) is 7.97. The summed E-state index contributed by atoms with van der Waals surface area (Å²) in [5.41, 5.74) is 0.436. The van der Waals surface area contributed by atoms with Crippen LogP contribution in [0.3, 0.4) is 0 Å². The zero-order valence-corrected chi connectivity index (χ0v) is 18.7. The van der Waals surface area contributed by atoms with Crippen molar-refractivity contribution in [2.45, 2.75) is 42.1 Å². The lowest BCUT2D eigenvalue weighted by atomic mass is 10.0. The predicted molar refractivity (Wildman–Crippen MR) is 115 cm³/mol. The van der Waals surface area contributed by atoms with Gasteiger partial charge in [-0.05, 0) is 62.4 Å². The van der Waals surface area contributed by atoms with Crippen LogP contribution in [0.1, 0.15) is 32.3 Å². The summed E-state index contributed by atoms with van der Waals surface area (Å²) in [5, 5.41) is 0.800. The molecule has 0 radical (unpaired) electrons. The lowest BCUT2D eigenvalue weighted by molar-refractivity contribution is -0.120. The van der Waals surface area contributed by atoms with E-state index in [9.17, 15) is 17.6 Å². The summed E-state index contributed by atoms with van der Waals surface area (Å²) in [6, 6.07) is 10.3. The molecule has 0 aromatic heterocycles. The van der Waals surface area contributed by atoms with Gasteiger partial charge in [0.15, 0.2) is 15.6 Å². The van der Waals surface area contributed by atoms with Crippen LogP contribution >= 0.6 is 35.0 Å². The van der Waals surface area contributed by atoms with Crippen LogP contribution < -0.4 is 0 Å². The lowest BCUT2D eigenvalue weighted by Gasteiger charge is -2.23. The van der Waals surface area contributed by atoms with Gasteiger partial charge in [0.25, 0.3) is 0 Å². The monoisotopic (exact) mass is 462 g/mol. The second-order valence-electron chi connectivity index (χ2n) is 6.75. The quantitative estimate of drug-likeness (QED) is 0.430. The molecular weight excluding hydrogens is 442 g/mol. The van der Waals surface area contributed by atoms with Crippen molar-refractivity contribution < 1.29 is 17.6 Å². The first-order chi connectivity index (χ1) is 13.1. The number of rotatable bonds is 9. The second-order valence-corrected chi connectivity index (χ2v) is 11.2. The Hall–Kier alpha value is -1.08. The molecule has 0 atom stereocenters. The Morgan fingerprint density at radius 2 is 1.75 bits per heavy atom. The molecule has 0 saturated carbocycles. The summed E-state index contributed by atoms with van der Waals surface area (Å²) in [4.78, 5) is 12.7. The average Bonchev–Trinajstić information content (AvgIpc) is 2.63. The summed E-state index contributed by atoms with van der Waals surface area (Å²) >= 11 is 13.2. The molecule has 152 valence electrons. The SMILES string of the molecule is CC(C)(C(=O)CCCSCc1c(F)cccc1Cl)S(=O)(=O)c1ccc(Cl)cc1. The Morgan fingerprint density at radius 1 is 1.11 bits per heavy atom. The van der Waals surface area contributed by atoms with Crippen molar-refractivity contribution in [1.29, 1.82) is 0 Å². The van der Waals surface area contributed by atoms with Crippen LogP contribution in [0, 0.1) is 5.82 Å². The third-order valence-corrected chi connectivity index (χ3v) is 8.61. The van der Waals surface area contributed by atoms with Gasteiger partial charge in [-0.15, -0.1) is 0 Å². The van der Waals surface area contributed by atoms with E-state index >= 15 is 0 Å². The molecule has 0 fully saturated rings. The van der Waals surface area contributed by atoms with E-state index in [1.807, 2.05) is 0 Å². The molecule has 8 heteroatoms. The van der Waals surface area contributed by atoms with Crippen LogP contribution in [0.5, 0.6) is 0 Å². The second kappa shape index (κ2) is 9.61. The van der Waals surface area contributed by atoms with Crippen LogP contribution in [0.15, 0.2) is 47.4 Å². The average molecular weight is 463 g/mol. The van der Waals surface area contributed by atoms with Crippen LogP contribution in [-0.2, 0) is 20.4 Å². The number of sulfone groups is 1. The molecule has 0 spiro atoms. The van der Waals surface area contributed by atoms with Gasteiger partial charge in [0.2, 0.25) is 0 Å². The van der Waals surface area contributed by atoms with Gasteiger partial charge in [-0.25, -0.2) is 12.8 Å². The van der Waals surface area contributed by atoms with E-state index < -0.39 is 14.6 Å². The van der Waals surface area contributed by atoms with Crippen molar-refractivity contribution in [3.8, 4) is 0 Å². The minimum Gasteiger partial charge on any atom is -0.298 e. The maximum absolute atomic E-state index is 13.7. The zero-order chi connectivity index (χ0) is 20.9. The number of hydrogen-bond acceptors (Lipinski definition) is 4. The van der Waals surface area contributed by atoms with Gasteiger partial charge in [-0.1, -0.05) is 29.3 Å². The molecule has 2 aromatic carbocycles. The van der Waals surface area contributed by atoms with Gasteiger partial charge in [0, 0.05) is 27.8 Å². The topological polar surface area (TPSA) is 51.2 Å². The number of Topliss-reactive ketones (excluding diaryl/α,β-unsaturated/α-hetero) is 1. The zero-order valence-electron chi connectivity index (χ0n) is 15.5. The van der Waals surface area contributed by atoms with E-state index in [2.05, 4.69) is 0 Å². The molecule has 0 saturated heterocycles. The molecule has 0 aliphatic carbocycles. The van der Waals surface area contributed by atoms with Crippen LogP contribution in [0.2, 0.25) is 10.0 Å². The van der Waals surface area contributed by atoms with Gasteiger partial charge in [0.05, 0.1) is 4.90 Å². The normalized spacial score (nSPS) is 12.2. The number of ketones is 1. The summed E-state index contributed by atoms with van der Waals surface area (Å²) in [7, 11) is -3.83. The minimum absolute atomic E-state index is 0.0684. The number of thioether (sulfide) groups is 1. The fourth-order valence-electron chi connectivity index (χ4n) is 2.54. The first kappa shape index (κ1) is 23.2. The first-order valence-electron chi connectivity index (χ1n) is 8.61. The van der Waals surface area contributed by atoms with Crippen LogP contribution in [0.4, 0.5) is 4.39 Å². The number of hydrogen-bond donors (Lipinski definition) is 0. The van der Waals surface area contributed by atoms with E-state index in [-0.39, 0.29) is 22.9 Å². The minimum atomic E-state index is -3.83. The molecule has 0 N–H and O–H groups in total. The molecule has 28 heavy (non-hydrogen) atoms. The number of halogens is 3. The van der Waals surface area contributed by atoms with Crippen molar-refractivity contribution in [2.75, 3.05) is 5.75 Å². The molecule has 3 nitrogen and oxygen atoms in total. The molecule has 0 amide bonds. The maximum Gasteiger partial charge on any atom is 0.190 e. The Balaban J connectivity index is 1.92. The summed E-state index contributed by atoms with van der Waals surface area (Å²) < 4.78 is 37.9. The van der Waals surface area contributed by atoms with Gasteiger partial charge in [-0.2, -0.15) is 11.8 Å². The third kappa shape index (κ3) is 5.29. The molecule has 0 heterocycles. The highest BCUT2D eigenvalue weighted by molar-refractivity contribution is 7.98. The fraction of sp³-hybridized carbons (Fsp3) is 0.350. The number of benzene rings is 2. The third-order valence-electron chi connectivity index (χ3n) is 4.47. The van der Waals surface area contributed by atoms with Crippen molar-refractivity contribution in [1.82, 2.24) is 0 Å². The maximum atomic E-state index is 13.7. The molecule has 0 unspecified atom stereocenters.